The Morgan fingerprint density at radius 3 is 2.83 bits per heavy atom. The molecule has 0 aromatic heterocycles. The lowest BCUT2D eigenvalue weighted by Crippen LogP contribution is -2.16. The quantitative estimate of drug-likeness (QED) is 0.782. The van der Waals surface area contributed by atoms with Gasteiger partial charge in [0.25, 0.3) is 0 Å². The summed E-state index contributed by atoms with van der Waals surface area (Å²) in [5.74, 6) is 1.76. The number of benzene rings is 1. The molecule has 18 heavy (non-hydrogen) atoms. The van der Waals surface area contributed by atoms with Crippen LogP contribution in [0, 0.1) is 5.92 Å². The molecule has 1 atom stereocenters. The molecule has 0 aliphatic heterocycles. The first-order valence-electron chi connectivity index (χ1n) is 6.48. The minimum absolute atomic E-state index is 0.446. The van der Waals surface area contributed by atoms with Gasteiger partial charge in [0.2, 0.25) is 0 Å². The predicted molar refractivity (Wildman–Crippen MR) is 80.7 cm³/mol. The monoisotopic (exact) mass is 331 g/mol. The second kappa shape index (κ2) is 6.16. The lowest BCUT2D eigenvalue weighted by Gasteiger charge is -2.19. The summed E-state index contributed by atoms with van der Waals surface area (Å²) in [5.41, 5.74) is 0.976. The molecule has 100 valence electrons. The van der Waals surface area contributed by atoms with Crippen LogP contribution in [0.5, 0.6) is 5.75 Å². The average molecular weight is 333 g/mol. The van der Waals surface area contributed by atoms with Crippen molar-refractivity contribution in [2.45, 2.75) is 39.2 Å². The van der Waals surface area contributed by atoms with Crippen LogP contribution in [-0.2, 0) is 0 Å². The van der Waals surface area contributed by atoms with E-state index < -0.39 is 0 Å². The normalized spacial score (nSPS) is 16.4. The summed E-state index contributed by atoms with van der Waals surface area (Å²) in [5, 5.41) is 4.22. The Kier molecular flexibility index (Phi) is 4.79. The number of nitrogens with one attached hydrogen (secondary N) is 1. The first-order chi connectivity index (χ1) is 8.60. The maximum atomic E-state index is 6.10. The second-order valence-corrected chi connectivity index (χ2v) is 6.21. The molecule has 2 rings (SSSR count). The topological polar surface area (TPSA) is 21.3 Å². The number of halogens is 2. The summed E-state index contributed by atoms with van der Waals surface area (Å²) in [6.45, 7) is 4.84. The van der Waals surface area contributed by atoms with E-state index in [1.165, 1.54) is 19.3 Å². The van der Waals surface area contributed by atoms with E-state index in [9.17, 15) is 0 Å². The zero-order chi connectivity index (χ0) is 13.1. The first-order valence-corrected chi connectivity index (χ1v) is 7.65. The van der Waals surface area contributed by atoms with Gasteiger partial charge in [-0.05, 0) is 54.2 Å². The Bertz CT molecular complexity index is 421. The number of rotatable bonds is 6. The van der Waals surface area contributed by atoms with E-state index in [0.717, 1.165) is 21.8 Å². The van der Waals surface area contributed by atoms with Crippen molar-refractivity contribution < 1.29 is 4.74 Å². The zero-order valence-electron chi connectivity index (χ0n) is 10.8. The molecule has 0 radical (unpaired) electrons. The molecule has 1 aromatic carbocycles. The fourth-order valence-electron chi connectivity index (χ4n) is 2.14. The molecule has 0 amide bonds. The number of hydrogen-bond donors (Lipinski definition) is 1. The molecule has 1 fully saturated rings. The number of hydrogen-bond acceptors (Lipinski definition) is 2. The van der Waals surface area contributed by atoms with Gasteiger partial charge in [0.1, 0.15) is 0 Å². The summed E-state index contributed by atoms with van der Waals surface area (Å²) in [7, 11) is 0. The third-order valence-electron chi connectivity index (χ3n) is 3.08. The van der Waals surface area contributed by atoms with Crippen molar-refractivity contribution in [1.82, 2.24) is 0 Å². The van der Waals surface area contributed by atoms with Crippen molar-refractivity contribution in [2.24, 2.45) is 5.92 Å². The largest absolute Gasteiger partial charge is 0.491 e. The molecule has 1 aliphatic carbocycles. The molecule has 0 bridgehead atoms. The Balaban J connectivity index is 2.12. The fraction of sp³-hybridized carbons (Fsp3) is 0.571. The van der Waals surface area contributed by atoms with Gasteiger partial charge in [0.15, 0.2) is 5.75 Å². The van der Waals surface area contributed by atoms with Crippen LogP contribution in [0.3, 0.4) is 0 Å². The molecular weight excluding hydrogens is 314 g/mol. The highest BCUT2D eigenvalue weighted by Crippen LogP contribution is 2.39. The average Bonchev–Trinajstić information content (AvgIpc) is 3.06. The maximum Gasteiger partial charge on any atom is 0.156 e. The zero-order valence-corrected chi connectivity index (χ0v) is 13.1. The van der Waals surface area contributed by atoms with Gasteiger partial charge in [0.05, 0.1) is 16.8 Å². The van der Waals surface area contributed by atoms with E-state index in [-0.39, 0.29) is 0 Å². The molecule has 1 saturated carbocycles. The van der Waals surface area contributed by atoms with Gasteiger partial charge in [-0.3, -0.25) is 0 Å². The molecule has 0 heterocycles. The summed E-state index contributed by atoms with van der Waals surface area (Å²) in [6, 6.07) is 4.24. The van der Waals surface area contributed by atoms with E-state index in [0.29, 0.717) is 17.7 Å². The molecule has 2 nitrogen and oxygen atoms in total. The van der Waals surface area contributed by atoms with Crippen LogP contribution in [0.15, 0.2) is 16.6 Å². The highest BCUT2D eigenvalue weighted by Gasteiger charge is 2.24. The van der Waals surface area contributed by atoms with Gasteiger partial charge in [-0.1, -0.05) is 24.4 Å². The van der Waals surface area contributed by atoms with Crippen LogP contribution in [0.4, 0.5) is 5.69 Å². The molecular formula is C14H19BrClNO. The van der Waals surface area contributed by atoms with E-state index >= 15 is 0 Å². The second-order valence-electron chi connectivity index (χ2n) is 4.92. The van der Waals surface area contributed by atoms with Crippen LogP contribution < -0.4 is 10.1 Å². The van der Waals surface area contributed by atoms with Crippen molar-refractivity contribution in [2.75, 3.05) is 11.9 Å². The number of anilines is 1. The van der Waals surface area contributed by atoms with Crippen molar-refractivity contribution in [3.05, 3.63) is 21.6 Å². The third-order valence-corrected chi connectivity index (χ3v) is 3.89. The summed E-state index contributed by atoms with van der Waals surface area (Å²) in [6.07, 6.45) is 3.98. The summed E-state index contributed by atoms with van der Waals surface area (Å²) < 4.78 is 6.58. The van der Waals surface area contributed by atoms with Crippen LogP contribution in [-0.4, -0.2) is 12.6 Å². The molecule has 0 saturated heterocycles. The first kappa shape index (κ1) is 14.0. The lowest BCUT2D eigenvalue weighted by molar-refractivity contribution is 0.339. The van der Waals surface area contributed by atoms with Gasteiger partial charge in [0, 0.05) is 11.1 Å². The maximum absolute atomic E-state index is 6.10. The Labute approximate surface area is 122 Å². The Morgan fingerprint density at radius 1 is 1.50 bits per heavy atom. The summed E-state index contributed by atoms with van der Waals surface area (Å²) >= 11 is 9.60. The van der Waals surface area contributed by atoms with E-state index in [4.69, 9.17) is 16.3 Å². The molecule has 1 aliphatic rings. The molecule has 1 aromatic rings. The summed E-state index contributed by atoms with van der Waals surface area (Å²) in [4.78, 5) is 0. The van der Waals surface area contributed by atoms with Crippen molar-refractivity contribution in [1.29, 1.82) is 0 Å². The van der Waals surface area contributed by atoms with Gasteiger partial charge in [-0.2, -0.15) is 0 Å². The minimum Gasteiger partial charge on any atom is -0.491 e. The number of ether oxygens (including phenoxy) is 1. The van der Waals surface area contributed by atoms with Gasteiger partial charge in [-0.25, -0.2) is 0 Å². The van der Waals surface area contributed by atoms with Crippen molar-refractivity contribution in [3.8, 4) is 5.75 Å². The fourth-order valence-corrected chi connectivity index (χ4v) is 3.06. The Hall–Kier alpha value is -0.410. The highest BCUT2D eigenvalue weighted by atomic mass is 79.9. The van der Waals surface area contributed by atoms with Crippen molar-refractivity contribution >= 4 is 33.2 Å². The SMILES string of the molecule is CCOc1c(Br)cc(Cl)cc1NC(C)CC1CC1. The van der Waals surface area contributed by atoms with Crippen LogP contribution in [0.25, 0.3) is 0 Å². The smallest absolute Gasteiger partial charge is 0.156 e. The molecule has 0 spiro atoms. The standard InChI is InChI=1S/C14H19BrClNO/c1-3-18-14-12(15)7-11(16)8-13(14)17-9(2)6-10-4-5-10/h7-10,17H,3-6H2,1-2H3. The van der Waals surface area contributed by atoms with Gasteiger partial charge < -0.3 is 10.1 Å². The minimum atomic E-state index is 0.446. The molecule has 1 unspecified atom stereocenters. The van der Waals surface area contributed by atoms with Gasteiger partial charge in [-0.15, -0.1) is 0 Å². The lowest BCUT2D eigenvalue weighted by atomic mass is 10.1. The van der Waals surface area contributed by atoms with Gasteiger partial charge >= 0.3 is 0 Å². The van der Waals surface area contributed by atoms with E-state index in [2.05, 4.69) is 28.2 Å². The molecule has 4 heteroatoms. The highest BCUT2D eigenvalue weighted by molar-refractivity contribution is 9.10. The third kappa shape index (κ3) is 3.79. The molecule has 1 N–H and O–H groups in total. The van der Waals surface area contributed by atoms with Crippen LogP contribution in [0.2, 0.25) is 5.02 Å². The van der Waals surface area contributed by atoms with Crippen LogP contribution in [0.1, 0.15) is 33.1 Å². The van der Waals surface area contributed by atoms with Crippen molar-refractivity contribution in [3.63, 3.8) is 0 Å². The van der Waals surface area contributed by atoms with E-state index in [1.807, 2.05) is 19.1 Å². The van der Waals surface area contributed by atoms with Crippen LogP contribution >= 0.6 is 27.5 Å². The Morgan fingerprint density at radius 2 is 2.22 bits per heavy atom. The predicted octanol–water partition coefficient (Wildman–Crippen LogP) is 5.10. The van der Waals surface area contributed by atoms with E-state index in [1.54, 1.807) is 0 Å².